The van der Waals surface area contributed by atoms with E-state index in [-0.39, 0.29) is 18.1 Å². The Balaban J connectivity index is 1.83. The van der Waals surface area contributed by atoms with Crippen LogP contribution in [-0.2, 0) is 16.1 Å². The Hall–Kier alpha value is -3.00. The van der Waals surface area contributed by atoms with Crippen LogP contribution in [-0.4, -0.2) is 21.3 Å². The number of amides is 1. The second-order valence-corrected chi connectivity index (χ2v) is 9.01. The summed E-state index contributed by atoms with van der Waals surface area (Å²) in [6.07, 6.45) is 1.63. The molecule has 3 rings (SSSR count). The Bertz CT molecular complexity index is 1150. The van der Waals surface area contributed by atoms with Gasteiger partial charge in [-0.25, -0.2) is 9.78 Å². The number of thiophene rings is 1. The molecule has 7 nitrogen and oxygen atoms in total. The summed E-state index contributed by atoms with van der Waals surface area (Å²) in [5.41, 5.74) is 1.09. The quantitative estimate of drug-likeness (QED) is 0.659. The van der Waals surface area contributed by atoms with Crippen molar-refractivity contribution in [1.29, 1.82) is 0 Å². The Labute approximate surface area is 172 Å². The summed E-state index contributed by atoms with van der Waals surface area (Å²) in [7, 11) is 0. The Morgan fingerprint density at radius 1 is 1.24 bits per heavy atom. The molecule has 3 aromatic rings. The summed E-state index contributed by atoms with van der Waals surface area (Å²) in [5.74, 6) is -0.747. The third-order valence-corrected chi connectivity index (χ3v) is 5.60. The van der Waals surface area contributed by atoms with E-state index >= 15 is 0 Å². The topological polar surface area (TPSA) is 89.8 Å². The van der Waals surface area contributed by atoms with Crippen molar-refractivity contribution in [3.63, 3.8) is 0 Å². The third kappa shape index (κ3) is 4.37. The molecule has 29 heavy (non-hydrogen) atoms. The molecule has 0 radical (unpaired) electrons. The van der Waals surface area contributed by atoms with Crippen molar-refractivity contribution in [3.8, 4) is 0 Å². The van der Waals surface area contributed by atoms with Gasteiger partial charge in [-0.05, 0) is 31.5 Å². The van der Waals surface area contributed by atoms with E-state index in [1.54, 1.807) is 45.2 Å². The number of carbonyl (C=O) groups is 2. The van der Waals surface area contributed by atoms with E-state index in [0.29, 0.717) is 21.9 Å². The molecule has 0 fully saturated rings. The summed E-state index contributed by atoms with van der Waals surface area (Å²) in [5, 5.41) is 3.30. The first-order valence-electron chi connectivity index (χ1n) is 9.14. The number of pyridine rings is 1. The average molecular weight is 413 g/mol. The molecule has 1 amide bonds. The Kier molecular flexibility index (Phi) is 5.57. The van der Waals surface area contributed by atoms with Crippen LogP contribution in [0.5, 0.6) is 0 Å². The SMILES string of the molecule is Cc1sc(NC(=O)C(C)(C)C)c(C(=O)OCc2cc(=O)n3ccccc3n2)c1C. The van der Waals surface area contributed by atoms with Gasteiger partial charge in [0.15, 0.2) is 0 Å². The lowest BCUT2D eigenvalue weighted by atomic mass is 9.96. The lowest BCUT2D eigenvalue weighted by molar-refractivity contribution is -0.123. The highest BCUT2D eigenvalue weighted by molar-refractivity contribution is 7.16. The average Bonchev–Trinajstić information content (AvgIpc) is 2.92. The number of aromatic nitrogens is 2. The highest BCUT2D eigenvalue weighted by Crippen LogP contribution is 2.34. The van der Waals surface area contributed by atoms with Gasteiger partial charge in [0.2, 0.25) is 5.91 Å². The maximum Gasteiger partial charge on any atom is 0.341 e. The summed E-state index contributed by atoms with van der Waals surface area (Å²) < 4.78 is 6.84. The molecular formula is C21H23N3O4S. The second-order valence-electron chi connectivity index (χ2n) is 7.78. The van der Waals surface area contributed by atoms with E-state index in [0.717, 1.165) is 10.4 Å². The second kappa shape index (κ2) is 7.79. The van der Waals surface area contributed by atoms with Crippen molar-refractivity contribution in [1.82, 2.24) is 9.38 Å². The monoisotopic (exact) mass is 413 g/mol. The minimum atomic E-state index is -0.593. The van der Waals surface area contributed by atoms with Crippen LogP contribution in [0.4, 0.5) is 5.00 Å². The number of nitrogens with one attached hydrogen (secondary N) is 1. The first kappa shape index (κ1) is 20.7. The van der Waals surface area contributed by atoms with Crippen molar-refractivity contribution in [3.05, 3.63) is 62.5 Å². The molecule has 0 aliphatic rings. The zero-order valence-corrected chi connectivity index (χ0v) is 17.8. The minimum Gasteiger partial charge on any atom is -0.455 e. The van der Waals surface area contributed by atoms with Gasteiger partial charge in [-0.2, -0.15) is 0 Å². The van der Waals surface area contributed by atoms with Gasteiger partial charge in [-0.15, -0.1) is 11.3 Å². The van der Waals surface area contributed by atoms with Gasteiger partial charge in [0.1, 0.15) is 17.3 Å². The number of aryl methyl sites for hydroxylation is 1. The molecule has 0 atom stereocenters. The van der Waals surface area contributed by atoms with Crippen LogP contribution < -0.4 is 10.9 Å². The van der Waals surface area contributed by atoms with E-state index in [4.69, 9.17) is 4.74 Å². The van der Waals surface area contributed by atoms with Crippen LogP contribution in [0.2, 0.25) is 0 Å². The molecule has 0 aromatic carbocycles. The van der Waals surface area contributed by atoms with E-state index < -0.39 is 11.4 Å². The van der Waals surface area contributed by atoms with Crippen LogP contribution in [0.3, 0.4) is 0 Å². The van der Waals surface area contributed by atoms with Crippen molar-refractivity contribution >= 4 is 33.9 Å². The zero-order valence-electron chi connectivity index (χ0n) is 17.0. The van der Waals surface area contributed by atoms with Crippen molar-refractivity contribution in [2.75, 3.05) is 5.32 Å². The Morgan fingerprint density at radius 2 is 1.97 bits per heavy atom. The molecule has 1 N–H and O–H groups in total. The van der Waals surface area contributed by atoms with Crippen LogP contribution in [0, 0.1) is 19.3 Å². The van der Waals surface area contributed by atoms with Crippen LogP contribution in [0.15, 0.2) is 35.3 Å². The molecule has 0 bridgehead atoms. The van der Waals surface area contributed by atoms with Gasteiger partial charge in [-0.1, -0.05) is 26.8 Å². The van der Waals surface area contributed by atoms with E-state index in [1.807, 2.05) is 13.8 Å². The fourth-order valence-electron chi connectivity index (χ4n) is 2.64. The van der Waals surface area contributed by atoms with Crippen LogP contribution in [0.1, 0.15) is 47.3 Å². The smallest absolute Gasteiger partial charge is 0.341 e. The van der Waals surface area contributed by atoms with Gasteiger partial charge in [-0.3, -0.25) is 14.0 Å². The molecular weight excluding hydrogens is 390 g/mol. The number of anilines is 1. The normalized spacial score (nSPS) is 11.5. The zero-order chi connectivity index (χ0) is 21.3. The van der Waals surface area contributed by atoms with Gasteiger partial charge in [0.05, 0.1) is 11.3 Å². The van der Waals surface area contributed by atoms with Crippen LogP contribution >= 0.6 is 11.3 Å². The van der Waals surface area contributed by atoms with Crippen molar-refractivity contribution < 1.29 is 14.3 Å². The van der Waals surface area contributed by atoms with Gasteiger partial charge in [0.25, 0.3) is 5.56 Å². The van der Waals surface area contributed by atoms with Crippen molar-refractivity contribution in [2.24, 2.45) is 5.41 Å². The van der Waals surface area contributed by atoms with E-state index in [9.17, 15) is 14.4 Å². The standard InChI is InChI=1S/C21H23N3O4S/c1-12-13(2)29-18(23-20(27)21(3,4)5)17(12)19(26)28-11-14-10-16(25)24-9-7-6-8-15(24)22-14/h6-10H,11H2,1-5H3,(H,23,27). The largest absolute Gasteiger partial charge is 0.455 e. The first-order chi connectivity index (χ1) is 13.6. The summed E-state index contributed by atoms with van der Waals surface area (Å²) >= 11 is 1.34. The minimum absolute atomic E-state index is 0.138. The number of nitrogens with zero attached hydrogens (tertiary/aromatic N) is 2. The molecule has 0 saturated heterocycles. The summed E-state index contributed by atoms with van der Waals surface area (Å²) in [6.45, 7) is 8.97. The molecule has 0 unspecified atom stereocenters. The van der Waals surface area contributed by atoms with Crippen LogP contribution in [0.25, 0.3) is 5.65 Å². The molecule has 8 heteroatoms. The predicted molar refractivity (Wildman–Crippen MR) is 112 cm³/mol. The fraction of sp³-hybridized carbons (Fsp3) is 0.333. The summed E-state index contributed by atoms with van der Waals surface area (Å²) in [4.78, 5) is 42.6. The number of rotatable bonds is 4. The van der Waals surface area contributed by atoms with Gasteiger partial charge < -0.3 is 10.1 Å². The number of hydrogen-bond donors (Lipinski definition) is 1. The molecule has 0 aliphatic carbocycles. The number of fused-ring (bicyclic) bond motifs is 1. The van der Waals surface area contributed by atoms with Crippen molar-refractivity contribution in [2.45, 2.75) is 41.2 Å². The first-order valence-corrected chi connectivity index (χ1v) is 9.95. The Morgan fingerprint density at radius 3 is 2.66 bits per heavy atom. The number of ether oxygens (including phenoxy) is 1. The highest BCUT2D eigenvalue weighted by atomic mass is 32.1. The molecule has 3 aromatic heterocycles. The molecule has 0 saturated carbocycles. The molecule has 0 aliphatic heterocycles. The highest BCUT2D eigenvalue weighted by Gasteiger charge is 2.27. The number of hydrogen-bond acceptors (Lipinski definition) is 6. The molecule has 0 spiro atoms. The maximum atomic E-state index is 12.8. The van der Waals surface area contributed by atoms with Gasteiger partial charge in [0, 0.05) is 22.6 Å². The third-order valence-electron chi connectivity index (χ3n) is 4.47. The number of carbonyl (C=O) groups excluding carboxylic acids is 2. The maximum absolute atomic E-state index is 12.8. The van der Waals surface area contributed by atoms with Gasteiger partial charge >= 0.3 is 5.97 Å². The predicted octanol–water partition coefficient (Wildman–Crippen LogP) is 3.71. The fourth-order valence-corrected chi connectivity index (χ4v) is 3.68. The number of esters is 1. The summed E-state index contributed by atoms with van der Waals surface area (Å²) in [6, 6.07) is 6.57. The molecule has 152 valence electrons. The lowest BCUT2D eigenvalue weighted by Gasteiger charge is -2.17. The van der Waals surface area contributed by atoms with E-state index in [1.165, 1.54) is 21.8 Å². The molecule has 3 heterocycles. The lowest BCUT2D eigenvalue weighted by Crippen LogP contribution is -2.28. The van der Waals surface area contributed by atoms with E-state index in [2.05, 4.69) is 10.3 Å².